The number of ether oxygens (including phenoxy) is 3. The summed E-state index contributed by atoms with van der Waals surface area (Å²) in [5.74, 6) is 0. The maximum absolute atomic E-state index is 12.0. The molecule has 9 heteroatoms. The Hall–Kier alpha value is -3.27. The highest BCUT2D eigenvalue weighted by molar-refractivity contribution is 5.85. The van der Waals surface area contributed by atoms with E-state index >= 15 is 0 Å². The molecular weight excluding hydrogens is 484 g/mol. The number of alkyl carbamates (subject to hydrolysis) is 1. The second kappa shape index (κ2) is 10.8. The van der Waals surface area contributed by atoms with E-state index in [4.69, 9.17) is 19.2 Å². The minimum absolute atomic E-state index is 0.0247. The largest absolute Gasteiger partial charge is 0.444 e. The van der Waals surface area contributed by atoms with Gasteiger partial charge in [-0.1, -0.05) is 6.07 Å². The molecule has 1 aromatic carbocycles. The standard InChI is InChI=1S/C29H36N4O5/c1-28(2,3)38-27(35)31-16-22-14-21(11-12-30-22)24-9-7-20-15-23(8-10-25(20)32-24)33-17-29(18-33,19-34)37-26-6-4-5-13-36-26/h7-12,14-15,26,34H,4-6,13,16-19H2,1-3H3,(H,31,35). The Kier molecular flexibility index (Phi) is 7.52. The lowest BCUT2D eigenvalue weighted by atomic mass is 9.93. The van der Waals surface area contributed by atoms with Crippen molar-refractivity contribution in [3.05, 3.63) is 54.4 Å². The van der Waals surface area contributed by atoms with Crippen LogP contribution in [0, 0.1) is 0 Å². The number of benzene rings is 1. The van der Waals surface area contributed by atoms with E-state index in [1.165, 1.54) is 0 Å². The van der Waals surface area contributed by atoms with Crippen LogP contribution in [0.1, 0.15) is 45.7 Å². The Bertz CT molecular complexity index is 1280. The zero-order chi connectivity index (χ0) is 26.8. The Balaban J connectivity index is 1.24. The molecule has 4 heterocycles. The van der Waals surface area contributed by atoms with Gasteiger partial charge in [-0.3, -0.25) is 4.98 Å². The summed E-state index contributed by atoms with van der Waals surface area (Å²) in [7, 11) is 0. The van der Waals surface area contributed by atoms with Crippen LogP contribution >= 0.6 is 0 Å². The molecule has 2 N–H and O–H groups in total. The van der Waals surface area contributed by atoms with E-state index in [2.05, 4.69) is 33.4 Å². The molecule has 5 rings (SSSR count). The molecule has 0 radical (unpaired) electrons. The second-order valence-electron chi connectivity index (χ2n) is 11.1. The molecule has 202 valence electrons. The zero-order valence-corrected chi connectivity index (χ0v) is 22.3. The van der Waals surface area contributed by atoms with Crippen LogP contribution in [0.25, 0.3) is 22.2 Å². The second-order valence-corrected chi connectivity index (χ2v) is 11.1. The summed E-state index contributed by atoms with van der Waals surface area (Å²) >= 11 is 0. The van der Waals surface area contributed by atoms with Crippen molar-refractivity contribution in [1.29, 1.82) is 0 Å². The molecule has 3 aromatic rings. The number of aliphatic hydroxyl groups excluding tert-OH is 1. The molecule has 2 aliphatic rings. The molecule has 0 spiro atoms. The molecule has 2 fully saturated rings. The first-order valence-corrected chi connectivity index (χ1v) is 13.2. The molecule has 2 aliphatic heterocycles. The van der Waals surface area contributed by atoms with E-state index in [0.717, 1.165) is 59.4 Å². The van der Waals surface area contributed by atoms with Crippen molar-refractivity contribution < 1.29 is 24.1 Å². The van der Waals surface area contributed by atoms with Crippen molar-refractivity contribution in [2.75, 3.05) is 31.2 Å². The molecule has 1 atom stereocenters. The predicted octanol–water partition coefficient (Wildman–Crippen LogP) is 4.42. The van der Waals surface area contributed by atoms with Crippen molar-refractivity contribution >= 4 is 22.7 Å². The van der Waals surface area contributed by atoms with E-state index in [1.54, 1.807) is 6.20 Å². The van der Waals surface area contributed by atoms with E-state index in [-0.39, 0.29) is 19.4 Å². The number of carbonyl (C=O) groups is 1. The van der Waals surface area contributed by atoms with Gasteiger partial charge in [0.05, 0.1) is 43.1 Å². The molecule has 38 heavy (non-hydrogen) atoms. The average Bonchev–Trinajstić information content (AvgIpc) is 2.88. The van der Waals surface area contributed by atoms with Gasteiger partial charge in [0.15, 0.2) is 6.29 Å². The average molecular weight is 521 g/mol. The van der Waals surface area contributed by atoms with Gasteiger partial charge in [-0.2, -0.15) is 0 Å². The molecule has 2 saturated heterocycles. The van der Waals surface area contributed by atoms with Crippen LogP contribution in [0.2, 0.25) is 0 Å². The lowest BCUT2D eigenvalue weighted by Crippen LogP contribution is -2.66. The number of nitrogens with one attached hydrogen (secondary N) is 1. The van der Waals surface area contributed by atoms with Gasteiger partial charge in [0.1, 0.15) is 11.2 Å². The predicted molar refractivity (Wildman–Crippen MR) is 145 cm³/mol. The van der Waals surface area contributed by atoms with Crippen molar-refractivity contribution in [3.8, 4) is 11.3 Å². The number of aliphatic hydroxyl groups is 1. The molecule has 9 nitrogen and oxygen atoms in total. The molecule has 1 unspecified atom stereocenters. The van der Waals surface area contributed by atoms with Gasteiger partial charge >= 0.3 is 6.09 Å². The summed E-state index contributed by atoms with van der Waals surface area (Å²) in [6.07, 6.45) is 4.06. The van der Waals surface area contributed by atoms with Crippen LogP contribution in [0.4, 0.5) is 10.5 Å². The summed E-state index contributed by atoms with van der Waals surface area (Å²) < 4.78 is 17.2. The Labute approximate surface area is 223 Å². The molecule has 1 amide bonds. The fraction of sp³-hybridized carbons (Fsp3) is 0.483. The Morgan fingerprint density at radius 3 is 2.76 bits per heavy atom. The Morgan fingerprint density at radius 1 is 1.18 bits per heavy atom. The quantitative estimate of drug-likeness (QED) is 0.472. The number of rotatable bonds is 7. The number of pyridine rings is 2. The number of hydrogen-bond acceptors (Lipinski definition) is 8. The smallest absolute Gasteiger partial charge is 0.407 e. The zero-order valence-electron chi connectivity index (χ0n) is 22.3. The number of carbonyl (C=O) groups excluding carboxylic acids is 1. The first-order valence-electron chi connectivity index (χ1n) is 13.2. The first kappa shape index (κ1) is 26.3. The van der Waals surface area contributed by atoms with Crippen LogP contribution in [0.15, 0.2) is 48.7 Å². The first-order chi connectivity index (χ1) is 18.2. The molecule has 0 bridgehead atoms. The lowest BCUT2D eigenvalue weighted by molar-refractivity contribution is -0.240. The summed E-state index contributed by atoms with van der Waals surface area (Å²) in [6, 6.07) is 14.1. The third-order valence-electron chi connectivity index (χ3n) is 6.73. The van der Waals surface area contributed by atoms with Crippen LogP contribution in [-0.4, -0.2) is 65.0 Å². The van der Waals surface area contributed by atoms with Crippen LogP contribution in [-0.2, 0) is 20.8 Å². The topological polar surface area (TPSA) is 106 Å². The highest BCUT2D eigenvalue weighted by Crippen LogP contribution is 2.34. The minimum atomic E-state index is -0.573. The molecule has 2 aromatic heterocycles. The van der Waals surface area contributed by atoms with Crippen molar-refractivity contribution in [2.45, 2.75) is 64.1 Å². The minimum Gasteiger partial charge on any atom is -0.444 e. The third-order valence-corrected chi connectivity index (χ3v) is 6.73. The van der Waals surface area contributed by atoms with Gasteiger partial charge in [-0.25, -0.2) is 9.78 Å². The fourth-order valence-electron chi connectivity index (χ4n) is 4.81. The van der Waals surface area contributed by atoms with E-state index in [1.807, 2.05) is 45.0 Å². The lowest BCUT2D eigenvalue weighted by Gasteiger charge is -2.51. The monoisotopic (exact) mass is 520 g/mol. The van der Waals surface area contributed by atoms with Gasteiger partial charge in [0, 0.05) is 29.4 Å². The van der Waals surface area contributed by atoms with Crippen LogP contribution in [0.5, 0.6) is 0 Å². The fourth-order valence-corrected chi connectivity index (χ4v) is 4.81. The third kappa shape index (κ3) is 6.23. The normalized spacial score (nSPS) is 19.2. The van der Waals surface area contributed by atoms with Gasteiger partial charge in [0.25, 0.3) is 0 Å². The van der Waals surface area contributed by atoms with Crippen molar-refractivity contribution in [3.63, 3.8) is 0 Å². The van der Waals surface area contributed by atoms with E-state index in [9.17, 15) is 9.90 Å². The number of hydrogen-bond donors (Lipinski definition) is 2. The number of amides is 1. The molecule has 0 aliphatic carbocycles. The van der Waals surface area contributed by atoms with E-state index in [0.29, 0.717) is 13.1 Å². The van der Waals surface area contributed by atoms with Crippen molar-refractivity contribution in [1.82, 2.24) is 15.3 Å². The van der Waals surface area contributed by atoms with Gasteiger partial charge in [-0.15, -0.1) is 0 Å². The maximum Gasteiger partial charge on any atom is 0.407 e. The number of anilines is 1. The number of nitrogens with zero attached hydrogens (tertiary/aromatic N) is 3. The number of fused-ring (bicyclic) bond motifs is 1. The van der Waals surface area contributed by atoms with Crippen molar-refractivity contribution in [2.24, 2.45) is 0 Å². The summed E-state index contributed by atoms with van der Waals surface area (Å²) in [4.78, 5) is 23.4. The highest BCUT2D eigenvalue weighted by Gasteiger charge is 2.46. The van der Waals surface area contributed by atoms with Gasteiger partial charge in [-0.05, 0) is 76.4 Å². The van der Waals surface area contributed by atoms with Crippen LogP contribution < -0.4 is 10.2 Å². The van der Waals surface area contributed by atoms with Gasteiger partial charge in [0.2, 0.25) is 0 Å². The van der Waals surface area contributed by atoms with E-state index < -0.39 is 17.3 Å². The number of aromatic nitrogens is 2. The maximum atomic E-state index is 12.0. The van der Waals surface area contributed by atoms with Gasteiger partial charge < -0.3 is 29.5 Å². The van der Waals surface area contributed by atoms with Crippen LogP contribution in [0.3, 0.4) is 0 Å². The SMILES string of the molecule is CC(C)(C)OC(=O)NCc1cc(-c2ccc3cc(N4CC(CO)(OC5CCCCO5)C4)ccc3n2)ccn1. The summed E-state index contributed by atoms with van der Waals surface area (Å²) in [5, 5.41) is 13.8. The highest BCUT2D eigenvalue weighted by atomic mass is 16.7. The summed E-state index contributed by atoms with van der Waals surface area (Å²) in [6.45, 7) is 7.69. The molecular formula is C29H36N4O5. The Morgan fingerprint density at radius 2 is 2.03 bits per heavy atom. The molecule has 0 saturated carbocycles. The summed E-state index contributed by atoms with van der Waals surface area (Å²) in [5.41, 5.74) is 3.30.